The number of hydrogen-bond donors (Lipinski definition) is 3. The Bertz CT molecular complexity index is 502. The van der Waals surface area contributed by atoms with Gasteiger partial charge >= 0.3 is 6.18 Å². The van der Waals surface area contributed by atoms with Crippen LogP contribution >= 0.6 is 12.4 Å². The van der Waals surface area contributed by atoms with Crippen LogP contribution in [0.5, 0.6) is 0 Å². The normalized spacial score (nSPS) is 10.8. The summed E-state index contributed by atoms with van der Waals surface area (Å²) in [6.45, 7) is 1.02. The molecule has 114 valence electrons. The van der Waals surface area contributed by atoms with Gasteiger partial charge in [-0.15, -0.1) is 12.4 Å². The van der Waals surface area contributed by atoms with Crippen LogP contribution < -0.4 is 16.2 Å². The third-order valence-corrected chi connectivity index (χ3v) is 2.35. The fourth-order valence-electron chi connectivity index (χ4n) is 1.38. The van der Waals surface area contributed by atoms with E-state index < -0.39 is 23.3 Å². The first-order chi connectivity index (χ1) is 8.86. The Labute approximate surface area is 119 Å². The number of amides is 1. The second-order valence-electron chi connectivity index (χ2n) is 3.83. The molecule has 1 heterocycles. The number of H-pyrrole nitrogens is 1. The second-order valence-corrected chi connectivity index (χ2v) is 3.83. The van der Waals surface area contributed by atoms with Gasteiger partial charge in [0.05, 0.1) is 0 Å². The Hall–Kier alpha value is -1.54. The fourth-order valence-corrected chi connectivity index (χ4v) is 1.38. The van der Waals surface area contributed by atoms with E-state index >= 15 is 0 Å². The van der Waals surface area contributed by atoms with Crippen molar-refractivity contribution in [3.63, 3.8) is 0 Å². The van der Waals surface area contributed by atoms with Gasteiger partial charge in [0.2, 0.25) is 0 Å². The molecule has 1 aromatic rings. The van der Waals surface area contributed by atoms with Crippen LogP contribution in [0.2, 0.25) is 0 Å². The van der Waals surface area contributed by atoms with Crippen molar-refractivity contribution in [2.24, 2.45) is 0 Å². The van der Waals surface area contributed by atoms with Crippen molar-refractivity contribution in [3.05, 3.63) is 33.7 Å². The van der Waals surface area contributed by atoms with Crippen LogP contribution in [-0.4, -0.2) is 31.0 Å². The van der Waals surface area contributed by atoms with Crippen molar-refractivity contribution < 1.29 is 18.0 Å². The summed E-state index contributed by atoms with van der Waals surface area (Å²) in [6.07, 6.45) is -3.98. The zero-order valence-electron chi connectivity index (χ0n) is 10.6. The molecule has 20 heavy (non-hydrogen) atoms. The van der Waals surface area contributed by atoms with Crippen LogP contribution in [-0.2, 0) is 6.18 Å². The average molecular weight is 314 g/mol. The smallest absolute Gasteiger partial charge is 0.352 e. The minimum Gasteiger partial charge on any atom is -0.352 e. The molecule has 0 aromatic carbocycles. The zero-order chi connectivity index (χ0) is 14.5. The van der Waals surface area contributed by atoms with Crippen LogP contribution in [0.1, 0.15) is 22.5 Å². The van der Waals surface area contributed by atoms with Crippen molar-refractivity contribution in [2.75, 3.05) is 20.1 Å². The van der Waals surface area contributed by atoms with Gasteiger partial charge in [-0.05, 0) is 32.1 Å². The molecule has 0 aliphatic rings. The molecule has 5 nitrogen and oxygen atoms in total. The first-order valence-electron chi connectivity index (χ1n) is 5.59. The van der Waals surface area contributed by atoms with Crippen LogP contribution in [0, 0.1) is 0 Å². The molecule has 1 amide bonds. The van der Waals surface area contributed by atoms with E-state index in [1.165, 1.54) is 0 Å². The summed E-state index contributed by atoms with van der Waals surface area (Å²) in [4.78, 5) is 24.6. The minimum atomic E-state index is -4.64. The highest BCUT2D eigenvalue weighted by Gasteiger charge is 2.32. The Morgan fingerprint density at radius 3 is 2.45 bits per heavy atom. The SMILES string of the molecule is CNCCCNC(=O)c1ccc(C(F)(F)F)[nH]c1=O.Cl. The van der Waals surface area contributed by atoms with Gasteiger partial charge in [-0.25, -0.2) is 0 Å². The maximum Gasteiger partial charge on any atom is 0.431 e. The van der Waals surface area contributed by atoms with Gasteiger partial charge in [-0.2, -0.15) is 13.2 Å². The van der Waals surface area contributed by atoms with Crippen molar-refractivity contribution in [1.82, 2.24) is 15.6 Å². The molecular formula is C11H15ClF3N3O2. The predicted octanol–water partition coefficient (Wildman–Crippen LogP) is 1.15. The number of aromatic amines is 1. The molecular weight excluding hydrogens is 299 g/mol. The molecule has 0 unspecified atom stereocenters. The molecule has 0 aliphatic heterocycles. The van der Waals surface area contributed by atoms with Gasteiger partial charge < -0.3 is 15.6 Å². The van der Waals surface area contributed by atoms with E-state index in [4.69, 9.17) is 0 Å². The molecule has 0 atom stereocenters. The van der Waals surface area contributed by atoms with E-state index in [0.29, 0.717) is 25.6 Å². The topological polar surface area (TPSA) is 74.0 Å². The first-order valence-corrected chi connectivity index (χ1v) is 5.59. The molecule has 0 fully saturated rings. The highest BCUT2D eigenvalue weighted by atomic mass is 35.5. The molecule has 0 radical (unpaired) electrons. The van der Waals surface area contributed by atoms with E-state index in [0.717, 1.165) is 6.07 Å². The number of halogens is 4. The Morgan fingerprint density at radius 1 is 1.30 bits per heavy atom. The lowest BCUT2D eigenvalue weighted by Gasteiger charge is -2.08. The van der Waals surface area contributed by atoms with Crippen molar-refractivity contribution in [3.8, 4) is 0 Å². The van der Waals surface area contributed by atoms with Gasteiger partial charge in [0.15, 0.2) is 0 Å². The number of nitrogens with one attached hydrogen (secondary N) is 3. The quantitative estimate of drug-likeness (QED) is 0.714. The number of aromatic nitrogens is 1. The summed E-state index contributed by atoms with van der Waals surface area (Å²) < 4.78 is 36.9. The number of hydrogen-bond acceptors (Lipinski definition) is 3. The van der Waals surface area contributed by atoms with Crippen LogP contribution in [0.4, 0.5) is 13.2 Å². The van der Waals surface area contributed by atoms with Crippen molar-refractivity contribution >= 4 is 18.3 Å². The summed E-state index contributed by atoms with van der Waals surface area (Å²) in [5.41, 5.74) is -2.57. The van der Waals surface area contributed by atoms with Gasteiger partial charge in [0.25, 0.3) is 11.5 Å². The molecule has 9 heteroatoms. The Morgan fingerprint density at radius 2 is 1.95 bits per heavy atom. The van der Waals surface area contributed by atoms with Crippen molar-refractivity contribution in [1.29, 1.82) is 0 Å². The molecule has 0 spiro atoms. The lowest BCUT2D eigenvalue weighted by Crippen LogP contribution is -2.32. The Kier molecular flexibility index (Phi) is 7.30. The number of carbonyl (C=O) groups is 1. The maximum absolute atomic E-state index is 12.3. The highest BCUT2D eigenvalue weighted by molar-refractivity contribution is 5.93. The van der Waals surface area contributed by atoms with Crippen LogP contribution in [0.25, 0.3) is 0 Å². The summed E-state index contributed by atoms with van der Waals surface area (Å²) in [6, 6.07) is 1.54. The molecule has 1 aromatic heterocycles. The second kappa shape index (κ2) is 7.91. The highest BCUT2D eigenvalue weighted by Crippen LogP contribution is 2.26. The average Bonchev–Trinajstić information content (AvgIpc) is 2.33. The minimum absolute atomic E-state index is 0. The van der Waals surface area contributed by atoms with Crippen molar-refractivity contribution in [2.45, 2.75) is 12.6 Å². The summed E-state index contributed by atoms with van der Waals surface area (Å²) >= 11 is 0. The lowest BCUT2D eigenvalue weighted by molar-refractivity contribution is -0.141. The monoisotopic (exact) mass is 313 g/mol. The number of rotatable bonds is 5. The zero-order valence-corrected chi connectivity index (χ0v) is 11.5. The summed E-state index contributed by atoms with van der Waals surface area (Å²) in [5.74, 6) is -0.689. The van der Waals surface area contributed by atoms with E-state index in [9.17, 15) is 22.8 Å². The third kappa shape index (κ3) is 5.22. The molecule has 0 saturated heterocycles. The number of alkyl halides is 3. The van der Waals surface area contributed by atoms with Gasteiger partial charge in [0.1, 0.15) is 11.3 Å². The molecule has 0 bridgehead atoms. The number of pyridine rings is 1. The van der Waals surface area contributed by atoms with Crippen LogP contribution in [0.3, 0.4) is 0 Å². The van der Waals surface area contributed by atoms with Gasteiger partial charge in [-0.3, -0.25) is 9.59 Å². The first kappa shape index (κ1) is 18.5. The predicted molar refractivity (Wildman–Crippen MR) is 70.2 cm³/mol. The fraction of sp³-hybridized carbons (Fsp3) is 0.455. The summed E-state index contributed by atoms with van der Waals surface area (Å²) in [7, 11) is 1.75. The largest absolute Gasteiger partial charge is 0.431 e. The molecule has 1 rings (SSSR count). The summed E-state index contributed by atoms with van der Waals surface area (Å²) in [5, 5.41) is 5.33. The number of carbonyl (C=O) groups excluding carboxylic acids is 1. The van der Waals surface area contributed by atoms with E-state index in [1.807, 2.05) is 0 Å². The maximum atomic E-state index is 12.3. The molecule has 0 aliphatic carbocycles. The van der Waals surface area contributed by atoms with Crippen LogP contribution in [0.15, 0.2) is 16.9 Å². The van der Waals surface area contributed by atoms with Gasteiger partial charge in [-0.1, -0.05) is 0 Å². The van der Waals surface area contributed by atoms with E-state index in [2.05, 4.69) is 10.6 Å². The molecule has 0 saturated carbocycles. The molecule has 3 N–H and O–H groups in total. The Balaban J connectivity index is 0.00000361. The van der Waals surface area contributed by atoms with Gasteiger partial charge in [0, 0.05) is 6.54 Å². The van der Waals surface area contributed by atoms with E-state index in [-0.39, 0.29) is 18.0 Å². The third-order valence-electron chi connectivity index (χ3n) is 2.35. The van der Waals surface area contributed by atoms with E-state index in [1.54, 1.807) is 12.0 Å². The standard InChI is InChI=1S/C11H14F3N3O2.ClH/c1-15-5-2-6-16-9(18)7-3-4-8(11(12,13)14)17-10(7)19;/h3-4,15H,2,5-6H2,1H3,(H,16,18)(H,17,19);1H. The lowest BCUT2D eigenvalue weighted by atomic mass is 10.2.